The minimum absolute atomic E-state index is 0.501. The van der Waals surface area contributed by atoms with E-state index in [0.29, 0.717) is 22.3 Å². The molecular formula is C16H13Cl3N2. The van der Waals surface area contributed by atoms with Crippen LogP contribution < -0.4 is 0 Å². The molecule has 3 aromatic rings. The van der Waals surface area contributed by atoms with E-state index in [4.69, 9.17) is 34.8 Å². The number of rotatable bonds is 3. The number of nitrogens with zero attached hydrogens (tertiary/aromatic N) is 2. The van der Waals surface area contributed by atoms with Crippen molar-refractivity contribution in [2.75, 3.05) is 5.88 Å². The van der Waals surface area contributed by atoms with E-state index in [2.05, 4.69) is 4.98 Å². The fraction of sp³-hybridized carbons (Fsp3) is 0.188. The van der Waals surface area contributed by atoms with Crippen LogP contribution in [0.5, 0.6) is 0 Å². The Morgan fingerprint density at radius 3 is 2.62 bits per heavy atom. The molecule has 0 atom stereocenters. The Labute approximate surface area is 138 Å². The molecule has 0 saturated heterocycles. The number of aryl methyl sites for hydroxylation is 2. The lowest BCUT2D eigenvalue weighted by molar-refractivity contribution is 0.912. The highest BCUT2D eigenvalue weighted by Gasteiger charge is 2.14. The number of hydrogen-bond donors (Lipinski definition) is 0. The SMILES string of the molecule is Cc1ccc(-n2c(CCCl)nc3ccc(Cl)cc32)c(Cl)c1. The van der Waals surface area contributed by atoms with Crippen LogP contribution >= 0.6 is 34.8 Å². The standard InChI is InChI=1S/C16H13Cl3N2/c1-10-2-5-14(12(19)8-10)21-15-9-11(18)3-4-13(15)20-16(21)6-7-17/h2-5,8-9H,6-7H2,1H3. The Morgan fingerprint density at radius 1 is 1.10 bits per heavy atom. The molecule has 0 aliphatic carbocycles. The van der Waals surface area contributed by atoms with Crippen LogP contribution in [0.2, 0.25) is 10.0 Å². The van der Waals surface area contributed by atoms with Gasteiger partial charge in [-0.3, -0.25) is 4.57 Å². The fourth-order valence-electron chi connectivity index (χ4n) is 2.41. The van der Waals surface area contributed by atoms with Crippen molar-refractivity contribution in [1.29, 1.82) is 0 Å². The molecule has 5 heteroatoms. The molecule has 0 bridgehead atoms. The molecule has 0 amide bonds. The van der Waals surface area contributed by atoms with Gasteiger partial charge in [-0.2, -0.15) is 0 Å². The van der Waals surface area contributed by atoms with Gasteiger partial charge in [0, 0.05) is 17.3 Å². The quantitative estimate of drug-likeness (QED) is 0.582. The normalized spacial score (nSPS) is 11.2. The monoisotopic (exact) mass is 338 g/mol. The Balaban J connectivity index is 2.32. The summed E-state index contributed by atoms with van der Waals surface area (Å²) in [6.07, 6.45) is 0.665. The Hall–Kier alpha value is -1.22. The summed E-state index contributed by atoms with van der Waals surface area (Å²) in [6.45, 7) is 2.01. The number of aromatic nitrogens is 2. The van der Waals surface area contributed by atoms with Crippen LogP contribution in [0.1, 0.15) is 11.4 Å². The smallest absolute Gasteiger partial charge is 0.115 e. The van der Waals surface area contributed by atoms with E-state index in [1.807, 2.05) is 47.9 Å². The predicted molar refractivity (Wildman–Crippen MR) is 90.3 cm³/mol. The molecule has 1 aromatic heterocycles. The van der Waals surface area contributed by atoms with Gasteiger partial charge in [0.1, 0.15) is 5.82 Å². The molecule has 0 aliphatic heterocycles. The zero-order valence-electron chi connectivity index (χ0n) is 11.4. The highest BCUT2D eigenvalue weighted by atomic mass is 35.5. The van der Waals surface area contributed by atoms with Crippen molar-refractivity contribution < 1.29 is 0 Å². The highest BCUT2D eigenvalue weighted by molar-refractivity contribution is 6.32. The molecule has 0 saturated carbocycles. The van der Waals surface area contributed by atoms with E-state index in [0.717, 1.165) is 28.1 Å². The third-order valence-electron chi connectivity index (χ3n) is 3.35. The zero-order valence-corrected chi connectivity index (χ0v) is 13.7. The lowest BCUT2D eigenvalue weighted by Crippen LogP contribution is -2.03. The Morgan fingerprint density at radius 2 is 1.90 bits per heavy atom. The van der Waals surface area contributed by atoms with Gasteiger partial charge in [-0.1, -0.05) is 29.3 Å². The first-order valence-electron chi connectivity index (χ1n) is 6.59. The molecule has 0 aliphatic rings. The average Bonchev–Trinajstić information content (AvgIpc) is 2.77. The minimum atomic E-state index is 0.501. The van der Waals surface area contributed by atoms with Gasteiger partial charge in [0.2, 0.25) is 0 Å². The third-order valence-corrected chi connectivity index (χ3v) is 4.07. The van der Waals surface area contributed by atoms with E-state index in [1.54, 1.807) is 0 Å². The molecule has 1 heterocycles. The van der Waals surface area contributed by atoms with Gasteiger partial charge < -0.3 is 0 Å². The van der Waals surface area contributed by atoms with Gasteiger partial charge in [-0.05, 0) is 42.8 Å². The number of fused-ring (bicyclic) bond motifs is 1. The van der Waals surface area contributed by atoms with Crippen LogP contribution in [0.25, 0.3) is 16.7 Å². The summed E-state index contributed by atoms with van der Waals surface area (Å²) >= 11 is 18.5. The second-order valence-corrected chi connectivity index (χ2v) is 6.11. The second-order valence-electron chi connectivity index (χ2n) is 4.89. The first kappa shape index (κ1) is 14.7. The van der Waals surface area contributed by atoms with Crippen LogP contribution in [0, 0.1) is 6.92 Å². The molecular weight excluding hydrogens is 327 g/mol. The van der Waals surface area contributed by atoms with Crippen LogP contribution in [-0.4, -0.2) is 15.4 Å². The van der Waals surface area contributed by atoms with E-state index in [9.17, 15) is 0 Å². The molecule has 0 spiro atoms. The maximum Gasteiger partial charge on any atom is 0.115 e. The highest BCUT2D eigenvalue weighted by Crippen LogP contribution is 2.29. The van der Waals surface area contributed by atoms with Gasteiger partial charge in [-0.15, -0.1) is 11.6 Å². The molecule has 108 valence electrons. The summed E-state index contributed by atoms with van der Waals surface area (Å²) in [4.78, 5) is 4.64. The van der Waals surface area contributed by atoms with Crippen molar-refractivity contribution >= 4 is 45.8 Å². The van der Waals surface area contributed by atoms with Crippen molar-refractivity contribution in [3.63, 3.8) is 0 Å². The topological polar surface area (TPSA) is 17.8 Å². The van der Waals surface area contributed by atoms with E-state index in [1.165, 1.54) is 0 Å². The summed E-state index contributed by atoms with van der Waals surface area (Å²) in [5.74, 6) is 1.38. The van der Waals surface area contributed by atoms with Crippen molar-refractivity contribution in [3.8, 4) is 5.69 Å². The summed E-state index contributed by atoms with van der Waals surface area (Å²) < 4.78 is 2.03. The van der Waals surface area contributed by atoms with Crippen LogP contribution in [0.15, 0.2) is 36.4 Å². The molecule has 2 aromatic carbocycles. The largest absolute Gasteiger partial charge is 0.295 e. The Kier molecular flexibility index (Phi) is 4.12. The summed E-state index contributed by atoms with van der Waals surface area (Å²) in [6, 6.07) is 11.6. The number of benzene rings is 2. The van der Waals surface area contributed by atoms with Gasteiger partial charge in [0.05, 0.1) is 21.7 Å². The first-order chi connectivity index (χ1) is 10.1. The molecule has 3 rings (SSSR count). The van der Waals surface area contributed by atoms with Gasteiger partial charge in [0.25, 0.3) is 0 Å². The summed E-state index contributed by atoms with van der Waals surface area (Å²) in [5, 5.41) is 1.36. The molecule has 0 fully saturated rings. The van der Waals surface area contributed by atoms with E-state index >= 15 is 0 Å². The lowest BCUT2D eigenvalue weighted by Gasteiger charge is -2.11. The minimum Gasteiger partial charge on any atom is -0.295 e. The first-order valence-corrected chi connectivity index (χ1v) is 7.88. The van der Waals surface area contributed by atoms with Crippen molar-refractivity contribution in [2.24, 2.45) is 0 Å². The average molecular weight is 340 g/mol. The molecule has 2 nitrogen and oxygen atoms in total. The maximum absolute atomic E-state index is 6.42. The van der Waals surface area contributed by atoms with Crippen molar-refractivity contribution in [1.82, 2.24) is 9.55 Å². The molecule has 0 radical (unpaired) electrons. The summed E-state index contributed by atoms with van der Waals surface area (Å²) in [5.41, 5.74) is 3.83. The van der Waals surface area contributed by atoms with E-state index in [-0.39, 0.29) is 0 Å². The number of imidazole rings is 1. The van der Waals surface area contributed by atoms with Crippen LogP contribution in [0.3, 0.4) is 0 Å². The van der Waals surface area contributed by atoms with Gasteiger partial charge in [0.15, 0.2) is 0 Å². The third kappa shape index (κ3) is 2.76. The molecule has 0 unspecified atom stereocenters. The van der Waals surface area contributed by atoms with Crippen LogP contribution in [-0.2, 0) is 6.42 Å². The number of halogens is 3. The fourth-order valence-corrected chi connectivity index (χ4v) is 3.07. The maximum atomic E-state index is 6.42. The van der Waals surface area contributed by atoms with Gasteiger partial charge in [-0.25, -0.2) is 4.98 Å². The van der Waals surface area contributed by atoms with Crippen LogP contribution in [0.4, 0.5) is 0 Å². The zero-order chi connectivity index (χ0) is 15.0. The number of hydrogen-bond acceptors (Lipinski definition) is 1. The second kappa shape index (κ2) is 5.88. The molecule has 21 heavy (non-hydrogen) atoms. The summed E-state index contributed by atoms with van der Waals surface area (Å²) in [7, 11) is 0. The Bertz CT molecular complexity index is 809. The predicted octanol–water partition coefficient (Wildman–Crippen LogP) is 5.42. The van der Waals surface area contributed by atoms with Gasteiger partial charge >= 0.3 is 0 Å². The molecule has 0 N–H and O–H groups in total. The van der Waals surface area contributed by atoms with Crippen molar-refractivity contribution in [3.05, 3.63) is 57.8 Å². The van der Waals surface area contributed by atoms with Crippen molar-refractivity contribution in [2.45, 2.75) is 13.3 Å². The number of alkyl halides is 1. The van der Waals surface area contributed by atoms with E-state index < -0.39 is 0 Å². The lowest BCUT2D eigenvalue weighted by atomic mass is 10.2.